The third kappa shape index (κ3) is 2.27. The van der Waals surface area contributed by atoms with E-state index in [0.29, 0.717) is 14.4 Å². The van der Waals surface area contributed by atoms with Crippen LogP contribution in [0.1, 0.15) is 16.6 Å². The number of thiophene rings is 1. The summed E-state index contributed by atoms with van der Waals surface area (Å²) in [5.41, 5.74) is -0.115. The molecule has 0 aliphatic carbocycles. The van der Waals surface area contributed by atoms with Gasteiger partial charge in [0, 0.05) is 12.3 Å². The number of nitro groups is 1. The van der Waals surface area contributed by atoms with Gasteiger partial charge in [-0.1, -0.05) is 0 Å². The first-order valence-corrected chi connectivity index (χ1v) is 6.09. The molecule has 0 fully saturated rings. The average molecular weight is 316 g/mol. The molecule has 0 amide bonds. The van der Waals surface area contributed by atoms with Gasteiger partial charge in [-0.25, -0.2) is 4.68 Å². The molecule has 0 radical (unpaired) electrons. The largest absolute Gasteiger partial charge is 0.306 e. The van der Waals surface area contributed by atoms with Crippen molar-refractivity contribution in [1.82, 2.24) is 9.78 Å². The quantitative estimate of drug-likeness (QED) is 0.495. The SMILES string of the molecule is CC(=O)c1cc([N+](=O)[O-])c(-n2cc(Br)cn2)s1. The zero-order valence-electron chi connectivity index (χ0n) is 8.58. The number of ketones is 1. The molecule has 0 spiro atoms. The minimum atomic E-state index is -0.520. The maximum atomic E-state index is 11.2. The number of Topliss-reactive ketones (excluding diaryl/α,β-unsaturated/α-hetero) is 1. The Kier molecular flexibility index (Phi) is 3.07. The fourth-order valence-electron chi connectivity index (χ4n) is 1.25. The van der Waals surface area contributed by atoms with E-state index in [-0.39, 0.29) is 11.5 Å². The molecular weight excluding hydrogens is 310 g/mol. The maximum Gasteiger partial charge on any atom is 0.306 e. The highest BCUT2D eigenvalue weighted by Gasteiger charge is 2.22. The Morgan fingerprint density at radius 1 is 1.65 bits per heavy atom. The van der Waals surface area contributed by atoms with Gasteiger partial charge in [-0.15, -0.1) is 11.3 Å². The molecule has 0 saturated carbocycles. The van der Waals surface area contributed by atoms with Crippen molar-refractivity contribution < 1.29 is 9.72 Å². The Labute approximate surface area is 108 Å². The first-order valence-electron chi connectivity index (χ1n) is 4.48. The molecule has 2 rings (SSSR count). The van der Waals surface area contributed by atoms with Crippen LogP contribution in [0.4, 0.5) is 5.69 Å². The monoisotopic (exact) mass is 315 g/mol. The van der Waals surface area contributed by atoms with Crippen molar-refractivity contribution in [1.29, 1.82) is 0 Å². The zero-order valence-corrected chi connectivity index (χ0v) is 11.0. The Bertz CT molecular complexity index is 604. The molecule has 0 bridgehead atoms. The maximum absolute atomic E-state index is 11.2. The third-order valence-electron chi connectivity index (χ3n) is 2.00. The lowest BCUT2D eigenvalue weighted by Crippen LogP contribution is -1.95. The third-order valence-corrected chi connectivity index (χ3v) is 3.62. The van der Waals surface area contributed by atoms with Gasteiger partial charge in [-0.3, -0.25) is 14.9 Å². The van der Waals surface area contributed by atoms with Crippen molar-refractivity contribution in [2.24, 2.45) is 0 Å². The van der Waals surface area contributed by atoms with Crippen LogP contribution in [-0.4, -0.2) is 20.5 Å². The van der Waals surface area contributed by atoms with E-state index in [0.717, 1.165) is 11.3 Å². The second-order valence-electron chi connectivity index (χ2n) is 3.22. The predicted molar refractivity (Wildman–Crippen MR) is 65.8 cm³/mol. The second-order valence-corrected chi connectivity index (χ2v) is 5.16. The highest BCUT2D eigenvalue weighted by molar-refractivity contribution is 9.10. The van der Waals surface area contributed by atoms with Gasteiger partial charge in [0.2, 0.25) is 0 Å². The van der Waals surface area contributed by atoms with Crippen molar-refractivity contribution in [3.8, 4) is 5.00 Å². The van der Waals surface area contributed by atoms with Crippen LogP contribution in [-0.2, 0) is 0 Å². The molecule has 6 nitrogen and oxygen atoms in total. The van der Waals surface area contributed by atoms with Gasteiger partial charge in [0.15, 0.2) is 10.8 Å². The number of aromatic nitrogens is 2. The van der Waals surface area contributed by atoms with E-state index in [1.807, 2.05) is 0 Å². The molecule has 17 heavy (non-hydrogen) atoms. The summed E-state index contributed by atoms with van der Waals surface area (Å²) < 4.78 is 2.09. The standard InChI is InChI=1S/C9H6BrN3O3S/c1-5(14)8-2-7(13(15)16)9(17-8)12-4-6(10)3-11-12/h2-4H,1H3. The van der Waals surface area contributed by atoms with Crippen LogP contribution in [0.2, 0.25) is 0 Å². The number of rotatable bonds is 3. The molecule has 2 aromatic heterocycles. The highest BCUT2D eigenvalue weighted by atomic mass is 79.9. The molecule has 0 aliphatic rings. The van der Waals surface area contributed by atoms with Gasteiger partial charge >= 0.3 is 5.69 Å². The van der Waals surface area contributed by atoms with Gasteiger partial charge in [0.25, 0.3) is 0 Å². The van der Waals surface area contributed by atoms with E-state index in [1.165, 1.54) is 23.9 Å². The van der Waals surface area contributed by atoms with Crippen molar-refractivity contribution in [3.05, 3.63) is 37.9 Å². The summed E-state index contributed by atoms with van der Waals surface area (Å²) in [5.74, 6) is -0.199. The summed E-state index contributed by atoms with van der Waals surface area (Å²) >= 11 is 4.26. The number of hydrogen-bond donors (Lipinski definition) is 0. The van der Waals surface area contributed by atoms with Crippen molar-refractivity contribution in [2.75, 3.05) is 0 Å². The molecule has 0 atom stereocenters. The molecule has 0 aromatic carbocycles. The fraction of sp³-hybridized carbons (Fsp3) is 0.111. The Morgan fingerprint density at radius 2 is 2.35 bits per heavy atom. The van der Waals surface area contributed by atoms with E-state index < -0.39 is 4.92 Å². The van der Waals surface area contributed by atoms with E-state index in [1.54, 1.807) is 6.20 Å². The summed E-state index contributed by atoms with van der Waals surface area (Å²) in [6, 6.07) is 1.28. The lowest BCUT2D eigenvalue weighted by Gasteiger charge is -1.95. The second kappa shape index (κ2) is 4.38. The summed E-state index contributed by atoms with van der Waals surface area (Å²) in [6.07, 6.45) is 3.12. The molecule has 0 unspecified atom stereocenters. The van der Waals surface area contributed by atoms with Gasteiger partial charge in [0.05, 0.1) is 20.5 Å². The van der Waals surface area contributed by atoms with Crippen LogP contribution in [0.3, 0.4) is 0 Å². The van der Waals surface area contributed by atoms with Crippen LogP contribution in [0.25, 0.3) is 5.00 Å². The van der Waals surface area contributed by atoms with Crippen molar-refractivity contribution in [2.45, 2.75) is 6.92 Å². The summed E-state index contributed by atoms with van der Waals surface area (Å²) in [4.78, 5) is 21.9. The molecule has 2 heterocycles. The topological polar surface area (TPSA) is 78.0 Å². The summed E-state index contributed by atoms with van der Waals surface area (Å²) in [6.45, 7) is 1.37. The molecule has 88 valence electrons. The number of halogens is 1. The fourth-order valence-corrected chi connectivity index (χ4v) is 2.49. The zero-order chi connectivity index (χ0) is 12.6. The molecule has 8 heteroatoms. The number of carbonyl (C=O) groups is 1. The molecule has 0 N–H and O–H groups in total. The van der Waals surface area contributed by atoms with Crippen LogP contribution in [0, 0.1) is 10.1 Å². The summed E-state index contributed by atoms with van der Waals surface area (Å²) in [5, 5.41) is 15.2. The van der Waals surface area contributed by atoms with Crippen LogP contribution >= 0.6 is 27.3 Å². The number of hydrogen-bond acceptors (Lipinski definition) is 5. The highest BCUT2D eigenvalue weighted by Crippen LogP contribution is 2.33. The predicted octanol–water partition coefficient (Wildman–Crippen LogP) is 2.81. The minimum absolute atomic E-state index is 0.115. The molecular formula is C9H6BrN3O3S. The average Bonchev–Trinajstić information content (AvgIpc) is 2.82. The normalized spacial score (nSPS) is 10.5. The summed E-state index contributed by atoms with van der Waals surface area (Å²) in [7, 11) is 0. The van der Waals surface area contributed by atoms with E-state index in [9.17, 15) is 14.9 Å². The van der Waals surface area contributed by atoms with Crippen molar-refractivity contribution in [3.63, 3.8) is 0 Å². The van der Waals surface area contributed by atoms with Gasteiger partial charge in [-0.2, -0.15) is 5.10 Å². The van der Waals surface area contributed by atoms with E-state index in [2.05, 4.69) is 21.0 Å². The van der Waals surface area contributed by atoms with Crippen LogP contribution < -0.4 is 0 Å². The number of carbonyl (C=O) groups excluding carboxylic acids is 1. The van der Waals surface area contributed by atoms with Crippen molar-refractivity contribution >= 4 is 38.7 Å². The van der Waals surface area contributed by atoms with Gasteiger partial charge in [-0.05, 0) is 22.9 Å². The van der Waals surface area contributed by atoms with Crippen LogP contribution in [0.5, 0.6) is 0 Å². The molecule has 0 saturated heterocycles. The molecule has 0 aliphatic heterocycles. The minimum Gasteiger partial charge on any atom is -0.294 e. The van der Waals surface area contributed by atoms with E-state index >= 15 is 0 Å². The van der Waals surface area contributed by atoms with Gasteiger partial charge in [0.1, 0.15) is 0 Å². The van der Waals surface area contributed by atoms with Gasteiger partial charge < -0.3 is 0 Å². The Balaban J connectivity index is 2.59. The first-order chi connectivity index (χ1) is 7.99. The smallest absolute Gasteiger partial charge is 0.294 e. The lowest BCUT2D eigenvalue weighted by atomic mass is 10.3. The molecule has 2 aromatic rings. The van der Waals surface area contributed by atoms with E-state index in [4.69, 9.17) is 0 Å². The lowest BCUT2D eigenvalue weighted by molar-refractivity contribution is -0.384. The first kappa shape index (κ1) is 11.9. The Hall–Kier alpha value is -1.54. The van der Waals surface area contributed by atoms with Crippen LogP contribution in [0.15, 0.2) is 22.9 Å². The number of nitrogens with zero attached hydrogens (tertiary/aromatic N) is 3. The Morgan fingerprint density at radius 3 is 2.82 bits per heavy atom.